The van der Waals surface area contributed by atoms with Crippen molar-refractivity contribution in [1.82, 2.24) is 14.1 Å². The van der Waals surface area contributed by atoms with Crippen LogP contribution in [0, 0.1) is 13.2 Å². The highest BCUT2D eigenvalue weighted by Gasteiger charge is 2.28. The van der Waals surface area contributed by atoms with Crippen molar-refractivity contribution in [3.05, 3.63) is 175 Å². The molecule has 0 saturated heterocycles. The third-order valence-corrected chi connectivity index (χ3v) is 10.3. The lowest BCUT2D eigenvalue weighted by Crippen LogP contribution is -2.37. The van der Waals surface area contributed by atoms with Crippen molar-refractivity contribution in [2.45, 2.75) is 59.2 Å². The van der Waals surface area contributed by atoms with Crippen LogP contribution >= 0.6 is 0 Å². The van der Waals surface area contributed by atoms with Gasteiger partial charge in [-0.3, -0.25) is 13.7 Å². The predicted molar refractivity (Wildman–Crippen MR) is 230 cm³/mol. The molecule has 0 aliphatic carbocycles. The number of aromatic nitrogens is 4. The maximum absolute atomic E-state index is 8.58. The molecule has 0 amide bonds. The van der Waals surface area contributed by atoms with Gasteiger partial charge in [-0.1, -0.05) is 138 Å². The Labute approximate surface area is 340 Å². The highest BCUT2D eigenvalue weighted by Crippen LogP contribution is 2.38. The minimum absolute atomic E-state index is 0.0586. The van der Waals surface area contributed by atoms with Crippen molar-refractivity contribution in [2.24, 2.45) is 0 Å². The summed E-state index contributed by atoms with van der Waals surface area (Å²) in [6.07, 6.45) is 5.01. The zero-order chi connectivity index (χ0) is 45.6. The summed E-state index contributed by atoms with van der Waals surface area (Å²) in [4.78, 5) is 4.71. The lowest BCUT2D eigenvalue weighted by Gasteiger charge is -2.30. The Morgan fingerprint density at radius 3 is 2.11 bits per heavy atom. The van der Waals surface area contributed by atoms with Crippen molar-refractivity contribution >= 4 is 32.8 Å². The van der Waals surface area contributed by atoms with Crippen molar-refractivity contribution in [3.63, 3.8) is 0 Å². The first-order valence-electron chi connectivity index (χ1n) is 22.7. The predicted octanol–water partition coefficient (Wildman–Crippen LogP) is 12.6. The first-order chi connectivity index (χ1) is 30.2. The van der Waals surface area contributed by atoms with Gasteiger partial charge in [0.15, 0.2) is 0 Å². The second-order valence-corrected chi connectivity index (χ2v) is 16.2. The highest BCUT2D eigenvalue weighted by molar-refractivity contribution is 6.09. The number of para-hydroxylation sites is 4. The minimum atomic E-state index is -2.72. The Kier molecular flexibility index (Phi) is 6.49. The number of benzene rings is 6. The number of rotatable bonds is 6. The summed E-state index contributed by atoms with van der Waals surface area (Å²) in [7, 11) is 0. The fourth-order valence-electron chi connectivity index (χ4n) is 7.65. The number of fused-ring (bicyclic) bond motifs is 4. The summed E-state index contributed by atoms with van der Waals surface area (Å²) in [6.45, 7) is 10.7. The third kappa shape index (κ3) is 6.14. The Balaban J connectivity index is 1.16. The molecule has 3 heterocycles. The van der Waals surface area contributed by atoms with Gasteiger partial charge in [0.25, 0.3) is 6.33 Å². The zero-order valence-electron chi connectivity index (χ0n) is 40.2. The van der Waals surface area contributed by atoms with E-state index in [1.807, 2.05) is 77.4 Å². The maximum Gasteiger partial charge on any atom is 0.269 e. The second-order valence-electron chi connectivity index (χ2n) is 16.2. The topological polar surface area (TPSA) is 35.9 Å². The number of hydrogen-bond acceptors (Lipinski definition) is 2. The standard InChI is InChI=1S/C51H46N4O/c1-34-29-48(52-32-41(34)35-17-9-8-10-18-35)55-44-24-12-11-21-39(44)40-28-27-38(31-47(40)55)56-37-20-15-19-36(30-37)53-33-54(46-26-14-13-25-45(46)53)49-42(50(2,3)4)22-16-23-43(49)51(5,6)7/h8-32H,1-7H3/i1D3,8D,9D,10D,17D,18D. The molecule has 0 aliphatic heterocycles. The maximum atomic E-state index is 8.58. The molecule has 6 aromatic carbocycles. The van der Waals surface area contributed by atoms with Gasteiger partial charge in [0, 0.05) is 32.7 Å². The number of ether oxygens (including phenoxy) is 1. The van der Waals surface area contributed by atoms with Crippen LogP contribution in [0.25, 0.3) is 61.2 Å². The lowest BCUT2D eigenvalue weighted by atomic mass is 9.78. The van der Waals surface area contributed by atoms with Crippen LogP contribution in [0.5, 0.6) is 11.5 Å². The van der Waals surface area contributed by atoms with E-state index in [2.05, 4.69) is 93.4 Å². The number of nitrogens with zero attached hydrogens (tertiary/aromatic N) is 4. The van der Waals surface area contributed by atoms with Gasteiger partial charge in [-0.2, -0.15) is 0 Å². The largest absolute Gasteiger partial charge is 0.458 e. The summed E-state index contributed by atoms with van der Waals surface area (Å²) in [5, 5.41) is 1.79. The molecule has 0 radical (unpaired) electrons. The summed E-state index contributed by atoms with van der Waals surface area (Å²) in [5.74, 6) is 1.40. The molecule has 3 aromatic heterocycles. The molecule has 0 aliphatic rings. The molecule has 0 saturated carbocycles. The SMILES string of the molecule is [2H]c1c([2H])c([2H])c(-c2cnc(-n3c4ccccc4c4ccc(Oc5cccc(-n6[c-][n+](-c7c(C(C)(C)C)cccc7C(C)(C)C)c7ccccc76)c5)cc43)cc2C([2H])([2H])[2H])c([2H])c1[2H]. The third-order valence-electron chi connectivity index (χ3n) is 10.3. The zero-order valence-corrected chi connectivity index (χ0v) is 32.2. The van der Waals surface area contributed by atoms with E-state index < -0.39 is 37.1 Å². The van der Waals surface area contributed by atoms with Crippen molar-refractivity contribution in [2.75, 3.05) is 0 Å². The minimum Gasteiger partial charge on any atom is -0.458 e. The molecule has 0 bridgehead atoms. The van der Waals surface area contributed by atoms with Crippen LogP contribution < -0.4 is 9.30 Å². The number of aryl methyl sites for hydroxylation is 1. The molecule has 0 fully saturated rings. The van der Waals surface area contributed by atoms with E-state index in [4.69, 9.17) is 20.7 Å². The molecule has 56 heavy (non-hydrogen) atoms. The Hall–Kier alpha value is -6.46. The fraction of sp³-hybridized carbons (Fsp3) is 0.176. The van der Waals surface area contributed by atoms with Crippen LogP contribution in [0.2, 0.25) is 0 Å². The number of hydrogen-bond donors (Lipinski definition) is 0. The summed E-state index contributed by atoms with van der Waals surface area (Å²) in [5.41, 5.74) is 7.16. The van der Waals surface area contributed by atoms with Crippen LogP contribution in [0.1, 0.15) is 69.2 Å². The molecule has 0 unspecified atom stereocenters. The van der Waals surface area contributed by atoms with Crippen LogP contribution in [-0.4, -0.2) is 14.1 Å². The molecule has 9 aromatic rings. The Bertz CT molecular complexity index is 3270. The quantitative estimate of drug-likeness (QED) is 0.126. The van der Waals surface area contributed by atoms with Gasteiger partial charge < -0.3 is 4.74 Å². The lowest BCUT2D eigenvalue weighted by molar-refractivity contribution is -0.574. The molecule has 9 rings (SSSR count). The molecule has 5 nitrogen and oxygen atoms in total. The van der Waals surface area contributed by atoms with E-state index in [1.165, 1.54) is 23.4 Å². The fourth-order valence-corrected chi connectivity index (χ4v) is 7.65. The average molecular weight is 739 g/mol. The van der Waals surface area contributed by atoms with Gasteiger partial charge in [-0.15, -0.1) is 0 Å². The van der Waals surface area contributed by atoms with E-state index in [1.54, 1.807) is 0 Å². The Morgan fingerprint density at radius 2 is 1.36 bits per heavy atom. The first-order valence-corrected chi connectivity index (χ1v) is 18.7. The van der Waals surface area contributed by atoms with Gasteiger partial charge in [0.2, 0.25) is 0 Å². The highest BCUT2D eigenvalue weighted by atomic mass is 16.5. The van der Waals surface area contributed by atoms with Crippen LogP contribution in [0.15, 0.2) is 152 Å². The van der Waals surface area contributed by atoms with E-state index in [9.17, 15) is 0 Å². The van der Waals surface area contributed by atoms with Crippen LogP contribution in [-0.2, 0) is 10.8 Å². The first kappa shape index (κ1) is 27.2. The average Bonchev–Trinajstić information content (AvgIpc) is 3.80. The normalized spacial score (nSPS) is 14.5. The van der Waals surface area contributed by atoms with Crippen molar-refractivity contribution in [3.8, 4) is 39.8 Å². The number of pyridine rings is 1. The monoisotopic (exact) mass is 738 g/mol. The Morgan fingerprint density at radius 1 is 0.679 bits per heavy atom. The summed E-state index contributed by atoms with van der Waals surface area (Å²) < 4.78 is 80.0. The van der Waals surface area contributed by atoms with E-state index in [0.717, 1.165) is 38.7 Å². The molecule has 276 valence electrons. The van der Waals surface area contributed by atoms with E-state index in [0.29, 0.717) is 17.0 Å². The van der Waals surface area contributed by atoms with Crippen molar-refractivity contribution in [1.29, 1.82) is 0 Å². The summed E-state index contributed by atoms with van der Waals surface area (Å²) >= 11 is 0. The van der Waals surface area contributed by atoms with Crippen LogP contribution in [0.3, 0.4) is 0 Å². The molecule has 0 spiro atoms. The van der Waals surface area contributed by atoms with Crippen LogP contribution in [0.4, 0.5) is 0 Å². The number of imidazole rings is 1. The molecular weight excluding hydrogens is 685 g/mol. The van der Waals surface area contributed by atoms with Gasteiger partial charge in [0.1, 0.15) is 17.3 Å². The van der Waals surface area contributed by atoms with Gasteiger partial charge >= 0.3 is 0 Å². The van der Waals surface area contributed by atoms with Gasteiger partial charge in [-0.05, 0) is 82.4 Å². The molecule has 5 heteroatoms. The second kappa shape index (κ2) is 13.4. The molecule has 0 atom stereocenters. The van der Waals surface area contributed by atoms with Crippen molar-refractivity contribution < 1.29 is 20.3 Å². The molecular formula is C51H46N4O. The van der Waals surface area contributed by atoms with Gasteiger partial charge in [0.05, 0.1) is 40.3 Å². The smallest absolute Gasteiger partial charge is 0.269 e. The van der Waals surface area contributed by atoms with E-state index >= 15 is 0 Å². The molecule has 0 N–H and O–H groups in total. The summed E-state index contributed by atoms with van der Waals surface area (Å²) in [6, 6.07) is 35.0. The van der Waals surface area contributed by atoms with Gasteiger partial charge in [-0.25, -0.2) is 4.98 Å². The van der Waals surface area contributed by atoms with E-state index in [-0.39, 0.29) is 33.3 Å².